The van der Waals surface area contributed by atoms with Gasteiger partial charge in [-0.15, -0.1) is 0 Å². The molecule has 0 aromatic carbocycles. The van der Waals surface area contributed by atoms with Crippen molar-refractivity contribution in [1.29, 1.82) is 0 Å². The lowest BCUT2D eigenvalue weighted by Crippen LogP contribution is -2.17. The van der Waals surface area contributed by atoms with E-state index < -0.39 is 0 Å². The van der Waals surface area contributed by atoms with E-state index in [0.29, 0.717) is 11.3 Å². The van der Waals surface area contributed by atoms with Crippen LogP contribution in [-0.2, 0) is 0 Å². The van der Waals surface area contributed by atoms with Crippen molar-refractivity contribution >= 4 is 17.6 Å². The van der Waals surface area contributed by atoms with Crippen molar-refractivity contribution in [2.24, 2.45) is 11.3 Å². The predicted octanol–water partition coefficient (Wildman–Crippen LogP) is 2.55. The Bertz CT molecular complexity index is 78.9. The lowest BCUT2D eigenvalue weighted by molar-refractivity contribution is 0.341. The van der Waals surface area contributed by atoms with E-state index in [1.54, 1.807) is 0 Å². The maximum absolute atomic E-state index is 4.67. The zero-order valence-corrected chi connectivity index (χ0v) is 6.80. The van der Waals surface area contributed by atoms with E-state index in [9.17, 15) is 0 Å². The summed E-state index contributed by atoms with van der Waals surface area (Å²) >= 11 is 4.67. The fourth-order valence-corrected chi connectivity index (χ4v) is 0.530. The average Bonchev–Trinajstić information content (AvgIpc) is 1.62. The highest BCUT2D eigenvalue weighted by molar-refractivity contribution is 7.79. The molecule has 0 aliphatic carbocycles. The highest BCUT2D eigenvalue weighted by Crippen LogP contribution is 2.23. The van der Waals surface area contributed by atoms with Crippen molar-refractivity contribution in [2.75, 3.05) is 0 Å². The third-order valence-corrected chi connectivity index (χ3v) is 1.83. The first-order valence-electron chi connectivity index (χ1n) is 2.86. The number of thiocarbonyl (C=S) groups is 1. The van der Waals surface area contributed by atoms with Crippen LogP contribution in [0.15, 0.2) is 0 Å². The normalized spacial score (nSPS) is 15.5. The van der Waals surface area contributed by atoms with Crippen molar-refractivity contribution in [3.8, 4) is 0 Å². The van der Waals surface area contributed by atoms with Gasteiger partial charge < -0.3 is 0 Å². The van der Waals surface area contributed by atoms with Gasteiger partial charge in [0.1, 0.15) is 0 Å². The van der Waals surface area contributed by atoms with Gasteiger partial charge in [0.15, 0.2) is 0 Å². The lowest BCUT2D eigenvalue weighted by atomic mass is 9.84. The maximum atomic E-state index is 4.67. The van der Waals surface area contributed by atoms with Crippen LogP contribution in [0.1, 0.15) is 27.7 Å². The molecule has 0 nitrogen and oxygen atoms in total. The van der Waals surface area contributed by atoms with Crippen molar-refractivity contribution < 1.29 is 0 Å². The van der Waals surface area contributed by atoms with Gasteiger partial charge in [-0.25, -0.2) is 0 Å². The second kappa shape index (κ2) is 2.58. The molecule has 1 heteroatoms. The molecule has 0 N–H and O–H groups in total. The molecule has 0 heterocycles. The quantitative estimate of drug-likeness (QED) is 0.490. The van der Waals surface area contributed by atoms with Crippen LogP contribution in [0, 0.1) is 11.3 Å². The highest BCUT2D eigenvalue weighted by Gasteiger charge is 2.16. The topological polar surface area (TPSA) is 0 Å². The molecule has 0 aromatic rings. The summed E-state index contributed by atoms with van der Waals surface area (Å²) in [7, 11) is 0. The molecule has 0 rings (SSSR count). The summed E-state index contributed by atoms with van der Waals surface area (Å²) in [6.07, 6.45) is 0. The second-order valence-electron chi connectivity index (χ2n) is 3.21. The first kappa shape index (κ1) is 8.09. The van der Waals surface area contributed by atoms with Crippen LogP contribution in [0.2, 0.25) is 0 Å². The molecule has 0 saturated carbocycles. The zero-order chi connectivity index (χ0) is 6.78. The van der Waals surface area contributed by atoms with E-state index in [2.05, 4.69) is 45.3 Å². The van der Waals surface area contributed by atoms with Gasteiger partial charge >= 0.3 is 0 Å². The molecule has 8 heavy (non-hydrogen) atoms. The third kappa shape index (κ3) is 2.41. The lowest BCUT2D eigenvalue weighted by Gasteiger charge is -2.22. The minimum Gasteiger partial charge on any atom is -0.0834 e. The Balaban J connectivity index is 3.80. The highest BCUT2D eigenvalue weighted by atomic mass is 32.1. The number of hydrogen-bond acceptors (Lipinski definition) is 1. The summed E-state index contributed by atoms with van der Waals surface area (Å²) in [6.45, 7) is 8.58. The van der Waals surface area contributed by atoms with E-state index >= 15 is 0 Å². The fourth-order valence-electron chi connectivity index (χ4n) is 0.177. The van der Waals surface area contributed by atoms with Crippen LogP contribution in [0.4, 0.5) is 0 Å². The average molecular weight is 129 g/mol. The van der Waals surface area contributed by atoms with E-state index in [-0.39, 0.29) is 0 Å². The third-order valence-electron chi connectivity index (χ3n) is 1.48. The molecule has 0 aliphatic heterocycles. The van der Waals surface area contributed by atoms with Crippen LogP contribution >= 0.6 is 12.2 Å². The monoisotopic (exact) mass is 129 g/mol. The van der Waals surface area contributed by atoms with E-state index in [4.69, 9.17) is 0 Å². The molecule has 0 aromatic heterocycles. The van der Waals surface area contributed by atoms with Gasteiger partial charge in [0.2, 0.25) is 0 Å². The van der Waals surface area contributed by atoms with E-state index in [0.717, 1.165) is 0 Å². The fraction of sp³-hybridized carbons (Fsp3) is 0.857. The minimum absolute atomic E-state index is 0.293. The molecule has 0 aliphatic rings. The standard InChI is InChI=1S/C7H13S/c1-6(5-8)7(2,3)4/h6H,1-4H3. The summed E-state index contributed by atoms with van der Waals surface area (Å²) in [5.74, 6) is 0.414. The second-order valence-corrected chi connectivity index (χ2v) is 3.44. The van der Waals surface area contributed by atoms with Gasteiger partial charge in [0, 0.05) is 5.37 Å². The van der Waals surface area contributed by atoms with Gasteiger partial charge in [-0.2, -0.15) is 0 Å². The predicted molar refractivity (Wildman–Crippen MR) is 41.2 cm³/mol. The Kier molecular flexibility index (Phi) is 2.61. The molecule has 1 atom stereocenters. The molecule has 0 bridgehead atoms. The summed E-state index contributed by atoms with van der Waals surface area (Å²) in [5, 5.41) is 2.79. The molecular formula is C7H13S. The largest absolute Gasteiger partial charge is 0.0834 e. The SMILES string of the molecule is CC([C]=S)C(C)(C)C. The summed E-state index contributed by atoms with van der Waals surface area (Å²) in [4.78, 5) is 0. The van der Waals surface area contributed by atoms with E-state index in [1.807, 2.05) is 0 Å². The summed E-state index contributed by atoms with van der Waals surface area (Å²) < 4.78 is 0. The van der Waals surface area contributed by atoms with Crippen molar-refractivity contribution in [2.45, 2.75) is 27.7 Å². The van der Waals surface area contributed by atoms with Gasteiger partial charge in [0.25, 0.3) is 0 Å². The van der Waals surface area contributed by atoms with Crippen LogP contribution in [0.5, 0.6) is 0 Å². The van der Waals surface area contributed by atoms with Crippen molar-refractivity contribution in [1.82, 2.24) is 0 Å². The van der Waals surface area contributed by atoms with Crippen molar-refractivity contribution in [3.05, 3.63) is 0 Å². The van der Waals surface area contributed by atoms with Gasteiger partial charge in [0.05, 0.1) is 0 Å². The first-order chi connectivity index (χ1) is 3.48. The number of hydrogen-bond donors (Lipinski definition) is 0. The minimum atomic E-state index is 0.293. The van der Waals surface area contributed by atoms with Crippen LogP contribution in [0.25, 0.3) is 0 Å². The Morgan fingerprint density at radius 1 is 1.38 bits per heavy atom. The summed E-state index contributed by atoms with van der Waals surface area (Å²) in [6, 6.07) is 0. The zero-order valence-electron chi connectivity index (χ0n) is 5.99. The Morgan fingerprint density at radius 3 is 1.75 bits per heavy atom. The number of rotatable bonds is 1. The van der Waals surface area contributed by atoms with Gasteiger partial charge in [-0.05, 0) is 11.3 Å². The van der Waals surface area contributed by atoms with Gasteiger partial charge in [-0.1, -0.05) is 39.9 Å². The van der Waals surface area contributed by atoms with Crippen LogP contribution < -0.4 is 0 Å². The van der Waals surface area contributed by atoms with Crippen molar-refractivity contribution in [3.63, 3.8) is 0 Å². The van der Waals surface area contributed by atoms with Gasteiger partial charge in [-0.3, -0.25) is 0 Å². The smallest absolute Gasteiger partial charge is 0.0327 e. The molecule has 0 spiro atoms. The molecule has 1 unspecified atom stereocenters. The first-order valence-corrected chi connectivity index (χ1v) is 3.27. The van der Waals surface area contributed by atoms with E-state index in [1.165, 1.54) is 0 Å². The Morgan fingerprint density at radius 2 is 1.75 bits per heavy atom. The Hall–Kier alpha value is 0.0900. The molecule has 0 amide bonds. The molecular weight excluding hydrogens is 116 g/mol. The Labute approximate surface area is 57.3 Å². The maximum Gasteiger partial charge on any atom is 0.0327 e. The molecule has 0 saturated heterocycles. The molecule has 47 valence electrons. The van der Waals surface area contributed by atoms with Crippen LogP contribution in [0.3, 0.4) is 0 Å². The molecule has 0 fully saturated rings. The summed E-state index contributed by atoms with van der Waals surface area (Å²) in [5.41, 5.74) is 0.293. The van der Waals surface area contributed by atoms with Crippen LogP contribution in [-0.4, -0.2) is 5.37 Å². The molecule has 1 radical (unpaired) electrons.